The number of carbonyl (C=O) groups excluding carboxylic acids is 1. The summed E-state index contributed by atoms with van der Waals surface area (Å²) in [6.45, 7) is 9.36. The zero-order chi connectivity index (χ0) is 32.2. The van der Waals surface area contributed by atoms with Crippen molar-refractivity contribution in [3.63, 3.8) is 0 Å². The molecule has 0 saturated heterocycles. The predicted molar refractivity (Wildman–Crippen MR) is 190 cm³/mol. The van der Waals surface area contributed by atoms with E-state index in [0.29, 0.717) is 18.9 Å². The van der Waals surface area contributed by atoms with Gasteiger partial charge in [-0.1, -0.05) is 149 Å². The summed E-state index contributed by atoms with van der Waals surface area (Å²) in [6.07, 6.45) is 35.0. The second kappa shape index (κ2) is 36.8. The van der Waals surface area contributed by atoms with Crippen molar-refractivity contribution >= 4 is 5.97 Å². The average Bonchev–Trinajstić information content (AvgIpc) is 3.02. The van der Waals surface area contributed by atoms with Crippen LogP contribution in [0.25, 0.3) is 0 Å². The van der Waals surface area contributed by atoms with E-state index in [2.05, 4.69) is 18.7 Å². The molecule has 0 radical (unpaired) electrons. The van der Waals surface area contributed by atoms with Gasteiger partial charge in [0.05, 0.1) is 13.2 Å². The predicted octanol–water partition coefficient (Wildman–Crippen LogP) is 11.0. The lowest BCUT2D eigenvalue weighted by Crippen LogP contribution is -2.29. The van der Waals surface area contributed by atoms with E-state index in [1.54, 1.807) is 7.11 Å². The van der Waals surface area contributed by atoms with E-state index in [-0.39, 0.29) is 12.6 Å². The minimum Gasteiger partial charge on any atom is -0.466 e. The zero-order valence-corrected chi connectivity index (χ0v) is 30.2. The molecular weight excluding hydrogens is 546 g/mol. The fourth-order valence-electron chi connectivity index (χ4n) is 6.34. The molecule has 5 heteroatoms. The van der Waals surface area contributed by atoms with Gasteiger partial charge in [0.25, 0.3) is 0 Å². The molecule has 1 N–H and O–H groups in total. The van der Waals surface area contributed by atoms with Gasteiger partial charge in [-0.15, -0.1) is 0 Å². The third-order valence-corrected chi connectivity index (χ3v) is 9.26. The highest BCUT2D eigenvalue weighted by atomic mass is 16.5. The molecular formula is C39H79NO4. The number of methoxy groups -OCH3 is 1. The van der Waals surface area contributed by atoms with E-state index < -0.39 is 0 Å². The second-order valence-corrected chi connectivity index (χ2v) is 13.6. The van der Waals surface area contributed by atoms with Crippen LogP contribution in [0, 0.1) is 5.92 Å². The maximum absolute atomic E-state index is 12.6. The minimum atomic E-state index is 0.0406. The molecule has 0 fully saturated rings. The largest absolute Gasteiger partial charge is 0.466 e. The van der Waals surface area contributed by atoms with Gasteiger partial charge >= 0.3 is 5.97 Å². The first-order valence-corrected chi connectivity index (χ1v) is 19.7. The third kappa shape index (κ3) is 32.7. The molecule has 1 atom stereocenters. The SMILES string of the molecule is CCCCCCCCCC(CCCCCC)CC(=O)OCCCCCCCCCN(CCO)CCCCCCCCCOC. The molecule has 0 aliphatic carbocycles. The summed E-state index contributed by atoms with van der Waals surface area (Å²) in [4.78, 5) is 15.0. The van der Waals surface area contributed by atoms with E-state index in [0.717, 1.165) is 39.1 Å². The highest BCUT2D eigenvalue weighted by Crippen LogP contribution is 2.23. The highest BCUT2D eigenvalue weighted by molar-refractivity contribution is 5.69. The van der Waals surface area contributed by atoms with Crippen molar-refractivity contribution < 1.29 is 19.4 Å². The van der Waals surface area contributed by atoms with Crippen LogP contribution in [-0.4, -0.2) is 62.5 Å². The van der Waals surface area contributed by atoms with E-state index in [4.69, 9.17) is 9.47 Å². The summed E-state index contributed by atoms with van der Waals surface area (Å²) in [5, 5.41) is 9.44. The van der Waals surface area contributed by atoms with Crippen molar-refractivity contribution in [1.29, 1.82) is 0 Å². The standard InChI is InChI=1S/C39H79NO4/c1-4-6-8-10-13-18-24-30-38(29-23-9-7-5-2)37-39(42)44-36-28-22-17-12-15-20-26-32-40(33-34-41)31-25-19-14-11-16-21-27-35-43-3/h38,41H,4-37H2,1-3H3. The first-order chi connectivity index (χ1) is 21.7. The highest BCUT2D eigenvalue weighted by Gasteiger charge is 2.15. The number of rotatable bonds is 37. The molecule has 0 spiro atoms. The molecule has 0 saturated carbocycles. The fraction of sp³-hybridized carbons (Fsp3) is 0.974. The minimum absolute atomic E-state index is 0.0406. The van der Waals surface area contributed by atoms with Crippen LogP contribution in [0.1, 0.15) is 194 Å². The topological polar surface area (TPSA) is 59.0 Å². The Bertz CT molecular complexity index is 558. The number of aliphatic hydroxyl groups is 1. The van der Waals surface area contributed by atoms with Crippen LogP contribution in [0.5, 0.6) is 0 Å². The lowest BCUT2D eigenvalue weighted by atomic mass is 9.91. The third-order valence-electron chi connectivity index (χ3n) is 9.26. The van der Waals surface area contributed by atoms with E-state index >= 15 is 0 Å². The summed E-state index contributed by atoms with van der Waals surface area (Å²) in [5.74, 6) is 0.559. The molecule has 0 amide bonds. The molecule has 0 aliphatic heterocycles. The molecule has 1 unspecified atom stereocenters. The quantitative estimate of drug-likeness (QED) is 0.0550. The van der Waals surface area contributed by atoms with Crippen molar-refractivity contribution in [3.05, 3.63) is 0 Å². The van der Waals surface area contributed by atoms with Gasteiger partial charge in [0.2, 0.25) is 0 Å². The van der Waals surface area contributed by atoms with Crippen molar-refractivity contribution in [2.75, 3.05) is 46.6 Å². The van der Waals surface area contributed by atoms with Gasteiger partial charge in [-0.25, -0.2) is 0 Å². The lowest BCUT2D eigenvalue weighted by Gasteiger charge is -2.21. The Morgan fingerprint density at radius 3 is 1.43 bits per heavy atom. The van der Waals surface area contributed by atoms with Gasteiger partial charge in [0.15, 0.2) is 0 Å². The van der Waals surface area contributed by atoms with E-state index in [1.165, 1.54) is 161 Å². The number of ether oxygens (including phenoxy) is 2. The van der Waals surface area contributed by atoms with Crippen molar-refractivity contribution in [2.24, 2.45) is 5.92 Å². The Morgan fingerprint density at radius 2 is 0.955 bits per heavy atom. The number of carbonyl (C=O) groups is 1. The molecule has 264 valence electrons. The number of esters is 1. The summed E-state index contributed by atoms with van der Waals surface area (Å²) < 4.78 is 10.8. The first kappa shape index (κ1) is 43.4. The van der Waals surface area contributed by atoms with Crippen LogP contribution < -0.4 is 0 Å². The fourth-order valence-corrected chi connectivity index (χ4v) is 6.34. The molecule has 5 nitrogen and oxygen atoms in total. The number of hydrogen-bond acceptors (Lipinski definition) is 5. The monoisotopic (exact) mass is 626 g/mol. The summed E-state index contributed by atoms with van der Waals surface area (Å²) >= 11 is 0. The van der Waals surface area contributed by atoms with Gasteiger partial charge in [-0.05, 0) is 57.5 Å². The Balaban J connectivity index is 3.83. The van der Waals surface area contributed by atoms with E-state index in [9.17, 15) is 9.90 Å². The molecule has 0 aromatic heterocycles. The molecule has 0 rings (SSSR count). The van der Waals surface area contributed by atoms with Crippen LogP contribution in [0.15, 0.2) is 0 Å². The molecule has 0 bridgehead atoms. The molecule has 0 aliphatic rings. The van der Waals surface area contributed by atoms with Crippen molar-refractivity contribution in [1.82, 2.24) is 4.90 Å². The maximum Gasteiger partial charge on any atom is 0.306 e. The van der Waals surface area contributed by atoms with Gasteiger partial charge in [0.1, 0.15) is 0 Å². The number of nitrogens with zero attached hydrogens (tertiary/aromatic N) is 1. The smallest absolute Gasteiger partial charge is 0.306 e. The first-order valence-electron chi connectivity index (χ1n) is 19.7. The molecule has 0 heterocycles. The Hall–Kier alpha value is -0.650. The number of hydrogen-bond donors (Lipinski definition) is 1. The molecule has 0 aromatic rings. The average molecular weight is 626 g/mol. The van der Waals surface area contributed by atoms with Crippen molar-refractivity contribution in [3.8, 4) is 0 Å². The summed E-state index contributed by atoms with van der Waals surface area (Å²) in [5.41, 5.74) is 0. The van der Waals surface area contributed by atoms with Crippen LogP contribution in [0.3, 0.4) is 0 Å². The lowest BCUT2D eigenvalue weighted by molar-refractivity contribution is -0.145. The second-order valence-electron chi connectivity index (χ2n) is 13.6. The Morgan fingerprint density at radius 1 is 0.545 bits per heavy atom. The van der Waals surface area contributed by atoms with Gasteiger partial charge < -0.3 is 19.5 Å². The van der Waals surface area contributed by atoms with Gasteiger partial charge in [-0.3, -0.25) is 4.79 Å². The van der Waals surface area contributed by atoms with Crippen LogP contribution >= 0.6 is 0 Å². The molecule has 0 aromatic carbocycles. The zero-order valence-electron chi connectivity index (χ0n) is 30.2. The maximum atomic E-state index is 12.6. The van der Waals surface area contributed by atoms with E-state index in [1.807, 2.05) is 0 Å². The van der Waals surface area contributed by atoms with Crippen LogP contribution in [-0.2, 0) is 14.3 Å². The van der Waals surface area contributed by atoms with Gasteiger partial charge in [-0.2, -0.15) is 0 Å². The van der Waals surface area contributed by atoms with Crippen molar-refractivity contribution in [2.45, 2.75) is 194 Å². The Labute approximate surface area is 276 Å². The van der Waals surface area contributed by atoms with Gasteiger partial charge in [0, 0.05) is 26.7 Å². The summed E-state index contributed by atoms with van der Waals surface area (Å²) in [7, 11) is 1.78. The Kier molecular flexibility index (Phi) is 36.3. The normalized spacial score (nSPS) is 12.3. The molecule has 44 heavy (non-hydrogen) atoms. The van der Waals surface area contributed by atoms with Crippen LogP contribution in [0.2, 0.25) is 0 Å². The number of unbranched alkanes of at least 4 members (excludes halogenated alkanes) is 21. The number of aliphatic hydroxyl groups excluding tert-OH is 1. The van der Waals surface area contributed by atoms with Crippen LogP contribution in [0.4, 0.5) is 0 Å². The summed E-state index contributed by atoms with van der Waals surface area (Å²) in [6, 6.07) is 0.